The molecule has 0 radical (unpaired) electrons. The number of rotatable bonds is 8. The Balaban J connectivity index is 1.96. The van der Waals surface area contributed by atoms with Gasteiger partial charge in [0.05, 0.1) is 33.3 Å². The molecule has 2 aromatic rings. The first-order chi connectivity index (χ1) is 13.5. The number of methoxy groups -OCH3 is 3. The van der Waals surface area contributed by atoms with E-state index in [1.165, 1.54) is 14.2 Å². The summed E-state index contributed by atoms with van der Waals surface area (Å²) >= 11 is 0. The molecular weight excluding hydrogens is 362 g/mol. The standard InChI is InChI=1S/C20H23N3O5/c1-13(10-19(24)21-14-6-5-7-15(11-14)26-2)22-23-20(25)17-9-8-16(27-3)12-18(17)28-4/h5-9,11-12H,10H2,1-4H3,(H,21,24)(H,23,25). The van der Waals surface area contributed by atoms with Crippen molar-refractivity contribution in [3.63, 3.8) is 0 Å². The van der Waals surface area contributed by atoms with Gasteiger partial charge in [-0.15, -0.1) is 0 Å². The number of ether oxygens (including phenoxy) is 3. The van der Waals surface area contributed by atoms with Crippen LogP contribution in [0.1, 0.15) is 23.7 Å². The fourth-order valence-electron chi connectivity index (χ4n) is 2.37. The minimum atomic E-state index is -0.452. The Bertz CT molecular complexity index is 880. The number of hydrazone groups is 1. The van der Waals surface area contributed by atoms with Gasteiger partial charge in [-0.1, -0.05) is 6.07 Å². The van der Waals surface area contributed by atoms with E-state index < -0.39 is 5.91 Å². The number of hydrogen-bond acceptors (Lipinski definition) is 6. The van der Waals surface area contributed by atoms with E-state index in [9.17, 15) is 9.59 Å². The van der Waals surface area contributed by atoms with Crippen LogP contribution in [0.2, 0.25) is 0 Å². The molecule has 8 heteroatoms. The maximum Gasteiger partial charge on any atom is 0.275 e. The predicted molar refractivity (Wildman–Crippen MR) is 106 cm³/mol. The monoisotopic (exact) mass is 385 g/mol. The van der Waals surface area contributed by atoms with Crippen LogP contribution >= 0.6 is 0 Å². The van der Waals surface area contributed by atoms with Crippen molar-refractivity contribution >= 4 is 23.2 Å². The normalized spacial score (nSPS) is 10.8. The molecule has 0 aliphatic rings. The van der Waals surface area contributed by atoms with Crippen LogP contribution in [-0.4, -0.2) is 38.9 Å². The lowest BCUT2D eigenvalue weighted by Crippen LogP contribution is -2.22. The van der Waals surface area contributed by atoms with Crippen molar-refractivity contribution in [2.24, 2.45) is 5.10 Å². The molecule has 28 heavy (non-hydrogen) atoms. The maximum absolute atomic E-state index is 12.3. The highest BCUT2D eigenvalue weighted by atomic mass is 16.5. The Morgan fingerprint density at radius 1 is 0.964 bits per heavy atom. The first kappa shape index (κ1) is 20.8. The largest absolute Gasteiger partial charge is 0.497 e. The highest BCUT2D eigenvalue weighted by molar-refractivity contribution is 6.06. The van der Waals surface area contributed by atoms with Gasteiger partial charge in [0.2, 0.25) is 5.91 Å². The second-order valence-corrected chi connectivity index (χ2v) is 5.81. The summed E-state index contributed by atoms with van der Waals surface area (Å²) in [7, 11) is 4.54. The minimum absolute atomic E-state index is 0.0250. The van der Waals surface area contributed by atoms with Crippen molar-refractivity contribution in [2.45, 2.75) is 13.3 Å². The lowest BCUT2D eigenvalue weighted by molar-refractivity contribution is -0.115. The van der Waals surface area contributed by atoms with Crippen LogP contribution < -0.4 is 25.0 Å². The molecule has 0 aromatic heterocycles. The van der Waals surface area contributed by atoms with Gasteiger partial charge in [-0.25, -0.2) is 5.43 Å². The van der Waals surface area contributed by atoms with E-state index in [-0.39, 0.29) is 12.3 Å². The summed E-state index contributed by atoms with van der Waals surface area (Å²) < 4.78 is 15.4. The molecule has 0 unspecified atom stereocenters. The second-order valence-electron chi connectivity index (χ2n) is 5.81. The van der Waals surface area contributed by atoms with Crippen LogP contribution in [0.15, 0.2) is 47.6 Å². The van der Waals surface area contributed by atoms with Gasteiger partial charge in [-0.2, -0.15) is 5.10 Å². The molecule has 0 saturated heterocycles. The zero-order valence-corrected chi connectivity index (χ0v) is 16.2. The van der Waals surface area contributed by atoms with Crippen LogP contribution in [0.3, 0.4) is 0 Å². The molecule has 0 aliphatic carbocycles. The van der Waals surface area contributed by atoms with E-state index in [2.05, 4.69) is 15.8 Å². The van der Waals surface area contributed by atoms with E-state index >= 15 is 0 Å². The molecule has 0 heterocycles. The molecule has 8 nitrogen and oxygen atoms in total. The topological polar surface area (TPSA) is 98.2 Å². The van der Waals surface area contributed by atoms with Gasteiger partial charge >= 0.3 is 0 Å². The Kier molecular flexibility index (Phi) is 7.38. The number of hydrogen-bond donors (Lipinski definition) is 2. The molecule has 0 fully saturated rings. The van der Waals surface area contributed by atoms with Crippen LogP contribution in [0.25, 0.3) is 0 Å². The summed E-state index contributed by atoms with van der Waals surface area (Å²) in [6.45, 7) is 1.65. The van der Waals surface area contributed by atoms with Gasteiger partial charge in [-0.3, -0.25) is 9.59 Å². The Morgan fingerprint density at radius 2 is 1.68 bits per heavy atom. The summed E-state index contributed by atoms with van der Waals surface area (Å²) in [5, 5.41) is 6.73. The van der Waals surface area contributed by atoms with Gasteiger partial charge in [0.25, 0.3) is 5.91 Å². The molecule has 0 spiro atoms. The minimum Gasteiger partial charge on any atom is -0.497 e. The second kappa shape index (κ2) is 9.96. The average Bonchev–Trinajstić information content (AvgIpc) is 2.71. The van der Waals surface area contributed by atoms with Gasteiger partial charge in [-0.05, 0) is 31.2 Å². The number of nitrogens with one attached hydrogen (secondary N) is 2. The molecule has 0 aliphatic heterocycles. The lowest BCUT2D eigenvalue weighted by atomic mass is 10.2. The van der Waals surface area contributed by atoms with Crippen LogP contribution in [0, 0.1) is 0 Å². The number of carbonyl (C=O) groups is 2. The molecule has 0 saturated carbocycles. The molecule has 0 bridgehead atoms. The fraction of sp³-hybridized carbons (Fsp3) is 0.250. The van der Waals surface area contributed by atoms with E-state index in [1.54, 1.807) is 56.5 Å². The Hall–Kier alpha value is -3.55. The van der Waals surface area contributed by atoms with Crippen molar-refractivity contribution in [3.8, 4) is 17.2 Å². The van der Waals surface area contributed by atoms with Crippen LogP contribution in [0.5, 0.6) is 17.2 Å². The molecule has 2 aromatic carbocycles. The first-order valence-corrected chi connectivity index (χ1v) is 8.46. The first-order valence-electron chi connectivity index (χ1n) is 8.46. The molecule has 2 amide bonds. The van der Waals surface area contributed by atoms with Crippen molar-refractivity contribution in [1.82, 2.24) is 5.43 Å². The number of benzene rings is 2. The van der Waals surface area contributed by atoms with Gasteiger partial charge < -0.3 is 19.5 Å². The van der Waals surface area contributed by atoms with E-state index in [4.69, 9.17) is 14.2 Å². The third-order valence-electron chi connectivity index (χ3n) is 3.77. The van der Waals surface area contributed by atoms with Gasteiger partial charge in [0, 0.05) is 23.5 Å². The van der Waals surface area contributed by atoms with Crippen molar-refractivity contribution < 1.29 is 23.8 Å². The molecule has 0 atom stereocenters. The number of carbonyl (C=O) groups excluding carboxylic acids is 2. The molecular formula is C20H23N3O5. The van der Waals surface area contributed by atoms with Crippen LogP contribution in [0.4, 0.5) is 5.69 Å². The molecule has 148 valence electrons. The number of anilines is 1. The predicted octanol–water partition coefficient (Wildman–Crippen LogP) is 2.85. The Labute approximate surface area is 163 Å². The summed E-state index contributed by atoms with van der Waals surface area (Å²) in [5.41, 5.74) is 3.79. The van der Waals surface area contributed by atoms with E-state index in [1.807, 2.05) is 0 Å². The Morgan fingerprint density at radius 3 is 2.36 bits per heavy atom. The number of amides is 2. The fourth-order valence-corrected chi connectivity index (χ4v) is 2.37. The van der Waals surface area contributed by atoms with Crippen molar-refractivity contribution in [2.75, 3.05) is 26.6 Å². The third kappa shape index (κ3) is 5.73. The van der Waals surface area contributed by atoms with Crippen molar-refractivity contribution in [3.05, 3.63) is 48.0 Å². The SMILES string of the molecule is COc1cccc(NC(=O)CC(C)=NNC(=O)c2ccc(OC)cc2OC)c1. The van der Waals surface area contributed by atoms with E-state index in [0.29, 0.717) is 34.2 Å². The third-order valence-corrected chi connectivity index (χ3v) is 3.77. The zero-order chi connectivity index (χ0) is 20.5. The number of nitrogens with zero attached hydrogens (tertiary/aromatic N) is 1. The zero-order valence-electron chi connectivity index (χ0n) is 16.2. The molecule has 2 N–H and O–H groups in total. The maximum atomic E-state index is 12.3. The van der Waals surface area contributed by atoms with Crippen LogP contribution in [-0.2, 0) is 4.79 Å². The summed E-state index contributed by atoms with van der Waals surface area (Å²) in [6, 6.07) is 11.9. The summed E-state index contributed by atoms with van der Waals surface area (Å²) in [5.74, 6) is 0.865. The highest BCUT2D eigenvalue weighted by Gasteiger charge is 2.13. The quantitative estimate of drug-likeness (QED) is 0.538. The lowest BCUT2D eigenvalue weighted by Gasteiger charge is -2.09. The van der Waals surface area contributed by atoms with Gasteiger partial charge in [0.1, 0.15) is 17.2 Å². The summed E-state index contributed by atoms with van der Waals surface area (Å²) in [4.78, 5) is 24.5. The van der Waals surface area contributed by atoms with E-state index in [0.717, 1.165) is 0 Å². The van der Waals surface area contributed by atoms with Gasteiger partial charge in [0.15, 0.2) is 0 Å². The summed E-state index contributed by atoms with van der Waals surface area (Å²) in [6.07, 6.45) is 0.0250. The smallest absolute Gasteiger partial charge is 0.275 e. The molecule has 2 rings (SSSR count). The highest BCUT2D eigenvalue weighted by Crippen LogP contribution is 2.24. The van der Waals surface area contributed by atoms with Crippen molar-refractivity contribution in [1.29, 1.82) is 0 Å². The average molecular weight is 385 g/mol.